The first-order chi connectivity index (χ1) is 14.1. The zero-order valence-corrected chi connectivity index (χ0v) is 16.7. The molecule has 0 aliphatic carbocycles. The first-order valence-electron chi connectivity index (χ1n) is 9.75. The molecule has 0 aliphatic rings. The molecular weight excluding hydrogens is 362 g/mol. The van der Waals surface area contributed by atoms with Crippen molar-refractivity contribution in [1.29, 1.82) is 0 Å². The molecule has 0 fully saturated rings. The lowest BCUT2D eigenvalue weighted by molar-refractivity contribution is 0.0953. The number of rotatable bonds is 7. The summed E-state index contributed by atoms with van der Waals surface area (Å²) in [6.07, 6.45) is 4.51. The molecule has 1 heterocycles. The molecule has 2 amide bonds. The summed E-state index contributed by atoms with van der Waals surface area (Å²) in [5, 5.41) is 5.85. The second-order valence-corrected chi connectivity index (χ2v) is 6.87. The highest BCUT2D eigenvalue weighted by Crippen LogP contribution is 2.22. The number of carbonyl (C=O) groups is 2. The summed E-state index contributed by atoms with van der Waals surface area (Å²) in [7, 11) is 0. The van der Waals surface area contributed by atoms with Crippen molar-refractivity contribution in [3.63, 3.8) is 0 Å². The summed E-state index contributed by atoms with van der Waals surface area (Å²) < 4.78 is 0. The van der Waals surface area contributed by atoms with Crippen LogP contribution in [0.4, 0.5) is 5.69 Å². The third-order valence-electron chi connectivity index (χ3n) is 4.78. The van der Waals surface area contributed by atoms with Crippen LogP contribution in [0.25, 0.3) is 0 Å². The van der Waals surface area contributed by atoms with Crippen LogP contribution < -0.4 is 10.6 Å². The normalized spacial score (nSPS) is 10.4. The number of benzene rings is 2. The van der Waals surface area contributed by atoms with Crippen LogP contribution in [-0.2, 0) is 12.8 Å². The number of hydrogen-bond donors (Lipinski definition) is 2. The highest BCUT2D eigenvalue weighted by Gasteiger charge is 2.14. The maximum absolute atomic E-state index is 12.7. The molecule has 0 atom stereocenters. The number of anilines is 1. The summed E-state index contributed by atoms with van der Waals surface area (Å²) in [5.74, 6) is -0.520. The van der Waals surface area contributed by atoms with E-state index in [-0.39, 0.29) is 11.8 Å². The smallest absolute Gasteiger partial charge is 0.257 e. The molecule has 0 saturated heterocycles. The molecule has 3 aromatic rings. The van der Waals surface area contributed by atoms with Gasteiger partial charge in [-0.15, -0.1) is 0 Å². The zero-order valence-electron chi connectivity index (χ0n) is 16.7. The minimum Gasteiger partial charge on any atom is -0.352 e. The summed E-state index contributed by atoms with van der Waals surface area (Å²) >= 11 is 0. The second-order valence-electron chi connectivity index (χ2n) is 6.87. The monoisotopic (exact) mass is 387 g/mol. The van der Waals surface area contributed by atoms with Gasteiger partial charge in [-0.3, -0.25) is 14.6 Å². The van der Waals surface area contributed by atoms with Crippen LogP contribution in [0.1, 0.15) is 44.3 Å². The van der Waals surface area contributed by atoms with Gasteiger partial charge in [0.15, 0.2) is 0 Å². The Bertz CT molecular complexity index is 1000. The van der Waals surface area contributed by atoms with E-state index >= 15 is 0 Å². The number of para-hydroxylation sites is 1. The fourth-order valence-corrected chi connectivity index (χ4v) is 3.14. The summed E-state index contributed by atoms with van der Waals surface area (Å²) in [4.78, 5) is 29.2. The van der Waals surface area contributed by atoms with Gasteiger partial charge in [0.1, 0.15) is 0 Å². The minimum atomic E-state index is -0.277. The van der Waals surface area contributed by atoms with E-state index in [1.165, 1.54) is 12.4 Å². The van der Waals surface area contributed by atoms with E-state index < -0.39 is 0 Å². The molecular formula is C24H25N3O2. The van der Waals surface area contributed by atoms with Crippen molar-refractivity contribution in [3.8, 4) is 0 Å². The number of aromatic nitrogens is 1. The average molecular weight is 387 g/mol. The van der Waals surface area contributed by atoms with E-state index in [0.717, 1.165) is 35.2 Å². The fourth-order valence-electron chi connectivity index (χ4n) is 3.14. The number of amides is 2. The highest BCUT2D eigenvalue weighted by molar-refractivity contribution is 6.06. The highest BCUT2D eigenvalue weighted by atomic mass is 16.2. The number of nitrogens with zero attached hydrogens (tertiary/aromatic N) is 1. The Hall–Kier alpha value is -3.47. The van der Waals surface area contributed by atoms with Crippen molar-refractivity contribution in [2.75, 3.05) is 11.9 Å². The van der Waals surface area contributed by atoms with Crippen molar-refractivity contribution in [2.24, 2.45) is 0 Å². The number of hydrogen-bond acceptors (Lipinski definition) is 3. The molecule has 0 saturated carbocycles. The Labute approximate surface area is 171 Å². The molecule has 0 radical (unpaired) electrons. The van der Waals surface area contributed by atoms with Crippen molar-refractivity contribution >= 4 is 17.5 Å². The summed E-state index contributed by atoms with van der Waals surface area (Å²) in [6.45, 7) is 4.53. The Morgan fingerprint density at radius 2 is 1.66 bits per heavy atom. The predicted octanol–water partition coefficient (Wildman–Crippen LogP) is 4.18. The van der Waals surface area contributed by atoms with Gasteiger partial charge in [0, 0.05) is 24.6 Å². The van der Waals surface area contributed by atoms with Crippen LogP contribution in [0.2, 0.25) is 0 Å². The second kappa shape index (κ2) is 9.64. The number of carbonyl (C=O) groups excluding carboxylic acids is 2. The SMILES string of the molecule is CCc1cccc(C)c1NC(=O)c1cncc(C(=O)NCCc2ccccc2)c1. The largest absolute Gasteiger partial charge is 0.352 e. The topological polar surface area (TPSA) is 71.1 Å². The molecule has 2 N–H and O–H groups in total. The lowest BCUT2D eigenvalue weighted by Gasteiger charge is -2.13. The number of nitrogens with one attached hydrogen (secondary N) is 2. The van der Waals surface area contributed by atoms with Crippen molar-refractivity contribution < 1.29 is 9.59 Å². The fraction of sp³-hybridized carbons (Fsp3) is 0.208. The van der Waals surface area contributed by atoms with Gasteiger partial charge in [0.25, 0.3) is 11.8 Å². The van der Waals surface area contributed by atoms with Crippen molar-refractivity contribution in [2.45, 2.75) is 26.7 Å². The van der Waals surface area contributed by atoms with E-state index in [1.807, 2.05) is 62.4 Å². The number of pyridine rings is 1. The van der Waals surface area contributed by atoms with Crippen LogP contribution >= 0.6 is 0 Å². The van der Waals surface area contributed by atoms with Gasteiger partial charge >= 0.3 is 0 Å². The minimum absolute atomic E-state index is 0.242. The predicted molar refractivity (Wildman–Crippen MR) is 115 cm³/mol. The standard InChI is InChI=1S/C24H25N3O2/c1-3-19-11-7-8-17(2)22(19)27-24(29)21-14-20(15-25-16-21)23(28)26-13-12-18-9-5-4-6-10-18/h4-11,14-16H,3,12-13H2,1-2H3,(H,26,28)(H,27,29). The van der Waals surface area contributed by atoms with Crippen LogP contribution in [-0.4, -0.2) is 23.3 Å². The van der Waals surface area contributed by atoms with Crippen LogP contribution in [0, 0.1) is 6.92 Å². The van der Waals surface area contributed by atoms with Crippen molar-refractivity contribution in [1.82, 2.24) is 10.3 Å². The molecule has 2 aromatic carbocycles. The average Bonchev–Trinajstić information content (AvgIpc) is 2.75. The first-order valence-corrected chi connectivity index (χ1v) is 9.75. The van der Waals surface area contributed by atoms with E-state index in [2.05, 4.69) is 15.6 Å². The number of aryl methyl sites for hydroxylation is 2. The maximum Gasteiger partial charge on any atom is 0.257 e. The maximum atomic E-state index is 12.7. The molecule has 5 nitrogen and oxygen atoms in total. The van der Waals surface area contributed by atoms with Gasteiger partial charge in [0.2, 0.25) is 0 Å². The molecule has 0 unspecified atom stereocenters. The zero-order chi connectivity index (χ0) is 20.6. The Morgan fingerprint density at radius 3 is 2.38 bits per heavy atom. The van der Waals surface area contributed by atoms with Gasteiger partial charge in [-0.05, 0) is 42.5 Å². The molecule has 1 aromatic heterocycles. The molecule has 0 bridgehead atoms. The summed E-state index contributed by atoms with van der Waals surface area (Å²) in [6, 6.07) is 17.5. The quantitative estimate of drug-likeness (QED) is 0.639. The lowest BCUT2D eigenvalue weighted by Crippen LogP contribution is -2.26. The molecule has 5 heteroatoms. The summed E-state index contributed by atoms with van der Waals surface area (Å²) in [5.41, 5.74) is 4.76. The van der Waals surface area contributed by atoms with Gasteiger partial charge in [-0.25, -0.2) is 0 Å². The van der Waals surface area contributed by atoms with Crippen LogP contribution in [0.5, 0.6) is 0 Å². The molecule has 0 aliphatic heterocycles. The van der Waals surface area contributed by atoms with Gasteiger partial charge in [0.05, 0.1) is 11.1 Å². The van der Waals surface area contributed by atoms with Crippen molar-refractivity contribution in [3.05, 3.63) is 94.8 Å². The first kappa shape index (κ1) is 20.3. The van der Waals surface area contributed by atoms with E-state index in [1.54, 1.807) is 6.07 Å². The van der Waals surface area contributed by atoms with E-state index in [9.17, 15) is 9.59 Å². The Morgan fingerprint density at radius 1 is 0.931 bits per heavy atom. The van der Waals surface area contributed by atoms with E-state index in [0.29, 0.717) is 17.7 Å². The van der Waals surface area contributed by atoms with Gasteiger partial charge < -0.3 is 10.6 Å². The third kappa shape index (κ3) is 5.29. The van der Waals surface area contributed by atoms with Crippen LogP contribution in [0.3, 0.4) is 0 Å². The van der Waals surface area contributed by atoms with Gasteiger partial charge in [-0.2, -0.15) is 0 Å². The molecule has 148 valence electrons. The third-order valence-corrected chi connectivity index (χ3v) is 4.78. The Balaban J connectivity index is 1.65. The van der Waals surface area contributed by atoms with E-state index in [4.69, 9.17) is 0 Å². The lowest BCUT2D eigenvalue weighted by atomic mass is 10.1. The van der Waals surface area contributed by atoms with Crippen LogP contribution in [0.15, 0.2) is 67.0 Å². The molecule has 29 heavy (non-hydrogen) atoms. The van der Waals surface area contributed by atoms with Gasteiger partial charge in [-0.1, -0.05) is 55.5 Å². The molecule has 0 spiro atoms. The molecule has 3 rings (SSSR count). The Kier molecular flexibility index (Phi) is 6.74.